The van der Waals surface area contributed by atoms with Crippen molar-refractivity contribution in [3.8, 4) is 34.6 Å². The Morgan fingerprint density at radius 3 is 2.50 bits per heavy atom. The van der Waals surface area contributed by atoms with Crippen molar-refractivity contribution in [2.24, 2.45) is 0 Å². The molecule has 9 nitrogen and oxygen atoms in total. The Kier molecular flexibility index (Phi) is 4.60. The average Bonchev–Trinajstić information content (AvgIpc) is 3.53. The SMILES string of the molecule is COc1cc(Nc2c(-c3ccc4cc[nH]c4c3)[nH]c3c(C#N)cnn23)cc(OC)c1OC. The fourth-order valence-electron chi connectivity index (χ4n) is 3.82. The summed E-state index contributed by atoms with van der Waals surface area (Å²) in [6, 6.07) is 13.9. The Morgan fingerprint density at radius 2 is 1.81 bits per heavy atom. The fraction of sp³-hybridized carbons (Fsp3) is 0.130. The van der Waals surface area contributed by atoms with Gasteiger partial charge in [-0.05, 0) is 17.5 Å². The zero-order valence-electron chi connectivity index (χ0n) is 17.7. The third-order valence-corrected chi connectivity index (χ3v) is 5.35. The minimum atomic E-state index is 0.449. The number of nitrogens with zero attached hydrogens (tertiary/aromatic N) is 3. The van der Waals surface area contributed by atoms with Crippen LogP contribution in [0.4, 0.5) is 11.5 Å². The van der Waals surface area contributed by atoms with Crippen molar-refractivity contribution in [3.63, 3.8) is 0 Å². The lowest BCUT2D eigenvalue weighted by Crippen LogP contribution is -2.00. The van der Waals surface area contributed by atoms with Gasteiger partial charge in [0.05, 0.1) is 33.2 Å². The molecule has 160 valence electrons. The van der Waals surface area contributed by atoms with Crippen molar-refractivity contribution in [1.82, 2.24) is 19.6 Å². The molecule has 0 saturated carbocycles. The van der Waals surface area contributed by atoms with Crippen LogP contribution in [0.15, 0.2) is 48.8 Å². The molecule has 0 aliphatic carbocycles. The number of ether oxygens (including phenoxy) is 3. The molecule has 0 bridgehead atoms. The Bertz CT molecular complexity index is 1460. The number of hydrogen-bond donors (Lipinski definition) is 3. The molecule has 9 heteroatoms. The molecule has 3 aromatic heterocycles. The standard InChI is InChI=1S/C23H20N6O3/c1-30-18-9-16(10-19(31-2)21(18)32-3)27-23-20(28-22-15(11-24)12-26-29(22)23)14-5-4-13-6-7-25-17(13)8-14/h4-10,12,25,27-28H,1-3H3. The smallest absolute Gasteiger partial charge is 0.203 e. The first-order valence-corrected chi connectivity index (χ1v) is 9.81. The molecule has 0 atom stereocenters. The molecule has 32 heavy (non-hydrogen) atoms. The van der Waals surface area contributed by atoms with Crippen molar-refractivity contribution in [2.45, 2.75) is 0 Å². The van der Waals surface area contributed by atoms with E-state index >= 15 is 0 Å². The summed E-state index contributed by atoms with van der Waals surface area (Å²) in [5.74, 6) is 2.21. The van der Waals surface area contributed by atoms with Gasteiger partial charge >= 0.3 is 0 Å². The normalized spacial score (nSPS) is 10.9. The average molecular weight is 428 g/mol. The lowest BCUT2D eigenvalue weighted by Gasteiger charge is -2.15. The highest BCUT2D eigenvalue weighted by molar-refractivity contribution is 5.88. The van der Waals surface area contributed by atoms with Gasteiger partial charge in [0.25, 0.3) is 0 Å². The first kappa shape index (κ1) is 19.4. The number of aromatic nitrogens is 4. The van der Waals surface area contributed by atoms with E-state index in [1.807, 2.05) is 42.6 Å². The molecule has 0 unspecified atom stereocenters. The molecule has 0 saturated heterocycles. The quantitative estimate of drug-likeness (QED) is 0.368. The van der Waals surface area contributed by atoms with Crippen LogP contribution in [0.3, 0.4) is 0 Å². The van der Waals surface area contributed by atoms with E-state index in [1.165, 1.54) is 6.20 Å². The monoisotopic (exact) mass is 428 g/mol. The number of fused-ring (bicyclic) bond motifs is 2. The summed E-state index contributed by atoms with van der Waals surface area (Å²) in [6.07, 6.45) is 3.43. The van der Waals surface area contributed by atoms with Gasteiger partial charge in [0.2, 0.25) is 5.75 Å². The number of aromatic amines is 2. The van der Waals surface area contributed by atoms with Crippen molar-refractivity contribution < 1.29 is 14.2 Å². The topological polar surface area (TPSA) is 112 Å². The van der Waals surface area contributed by atoms with Gasteiger partial charge in [-0.15, -0.1) is 0 Å². The zero-order chi connectivity index (χ0) is 22.2. The molecular formula is C23H20N6O3. The van der Waals surface area contributed by atoms with E-state index in [4.69, 9.17) is 14.2 Å². The molecule has 2 aromatic carbocycles. The van der Waals surface area contributed by atoms with Crippen molar-refractivity contribution >= 4 is 28.1 Å². The summed E-state index contributed by atoms with van der Waals surface area (Å²) in [4.78, 5) is 6.59. The van der Waals surface area contributed by atoms with E-state index < -0.39 is 0 Å². The summed E-state index contributed by atoms with van der Waals surface area (Å²) >= 11 is 0. The zero-order valence-corrected chi connectivity index (χ0v) is 17.7. The summed E-state index contributed by atoms with van der Waals surface area (Å²) in [5.41, 5.74) is 4.49. The van der Waals surface area contributed by atoms with Crippen molar-refractivity contribution in [3.05, 3.63) is 54.4 Å². The van der Waals surface area contributed by atoms with Crippen LogP contribution in [0.5, 0.6) is 17.2 Å². The second-order valence-electron chi connectivity index (χ2n) is 7.10. The maximum Gasteiger partial charge on any atom is 0.203 e. The summed E-state index contributed by atoms with van der Waals surface area (Å²) in [6.45, 7) is 0. The Morgan fingerprint density at radius 1 is 1.03 bits per heavy atom. The van der Waals surface area contributed by atoms with Gasteiger partial charge in [0.15, 0.2) is 23.0 Å². The number of rotatable bonds is 6. The van der Waals surface area contributed by atoms with Crippen LogP contribution in [0.1, 0.15) is 5.56 Å². The molecule has 0 aliphatic heterocycles. The number of nitriles is 1. The van der Waals surface area contributed by atoms with Crippen LogP contribution in [0.2, 0.25) is 0 Å². The predicted molar refractivity (Wildman–Crippen MR) is 121 cm³/mol. The third kappa shape index (κ3) is 2.97. The lowest BCUT2D eigenvalue weighted by atomic mass is 10.1. The van der Waals surface area contributed by atoms with Gasteiger partial charge in [0.1, 0.15) is 11.6 Å². The molecule has 0 aliphatic rings. The van der Waals surface area contributed by atoms with Gasteiger partial charge in [-0.2, -0.15) is 14.9 Å². The summed E-state index contributed by atoms with van der Waals surface area (Å²) in [5, 5.41) is 18.4. The number of anilines is 2. The number of methoxy groups -OCH3 is 3. The molecule has 5 rings (SSSR count). The molecule has 3 N–H and O–H groups in total. The molecule has 5 aromatic rings. The van der Waals surface area contributed by atoms with Gasteiger partial charge < -0.3 is 29.5 Å². The summed E-state index contributed by atoms with van der Waals surface area (Å²) in [7, 11) is 4.70. The maximum absolute atomic E-state index is 9.50. The molecule has 3 heterocycles. The van der Waals surface area contributed by atoms with E-state index in [0.717, 1.165) is 22.2 Å². The van der Waals surface area contributed by atoms with E-state index in [2.05, 4.69) is 26.5 Å². The number of hydrogen-bond acceptors (Lipinski definition) is 6. The maximum atomic E-state index is 9.50. The van der Waals surface area contributed by atoms with Gasteiger partial charge in [-0.1, -0.05) is 12.1 Å². The van der Waals surface area contributed by atoms with Crippen LogP contribution < -0.4 is 19.5 Å². The molecular weight excluding hydrogens is 408 g/mol. The van der Waals surface area contributed by atoms with E-state index in [9.17, 15) is 5.26 Å². The largest absolute Gasteiger partial charge is 0.493 e. The van der Waals surface area contributed by atoms with Crippen LogP contribution in [0.25, 0.3) is 27.8 Å². The number of nitrogens with one attached hydrogen (secondary N) is 3. The van der Waals surface area contributed by atoms with Gasteiger partial charge in [-0.25, -0.2) is 0 Å². The van der Waals surface area contributed by atoms with Crippen LogP contribution >= 0.6 is 0 Å². The molecule has 0 fully saturated rings. The van der Waals surface area contributed by atoms with Crippen LogP contribution in [-0.4, -0.2) is 40.9 Å². The highest BCUT2D eigenvalue weighted by Gasteiger charge is 2.20. The van der Waals surface area contributed by atoms with Crippen molar-refractivity contribution in [2.75, 3.05) is 26.6 Å². The number of benzene rings is 2. The van der Waals surface area contributed by atoms with Crippen LogP contribution in [0, 0.1) is 11.3 Å². The fourth-order valence-corrected chi connectivity index (χ4v) is 3.82. The lowest BCUT2D eigenvalue weighted by molar-refractivity contribution is 0.324. The van der Waals surface area contributed by atoms with E-state index in [-0.39, 0.29) is 0 Å². The first-order valence-electron chi connectivity index (χ1n) is 9.81. The first-order chi connectivity index (χ1) is 15.7. The van der Waals surface area contributed by atoms with Crippen LogP contribution in [-0.2, 0) is 0 Å². The highest BCUT2D eigenvalue weighted by Crippen LogP contribution is 2.42. The third-order valence-electron chi connectivity index (χ3n) is 5.35. The minimum Gasteiger partial charge on any atom is -0.493 e. The van der Waals surface area contributed by atoms with Gasteiger partial charge in [0, 0.05) is 35.1 Å². The van der Waals surface area contributed by atoms with Crippen molar-refractivity contribution in [1.29, 1.82) is 5.26 Å². The second kappa shape index (κ2) is 7.59. The summed E-state index contributed by atoms with van der Waals surface area (Å²) < 4.78 is 18.1. The Hall–Kier alpha value is -4.58. The molecule has 0 amide bonds. The Balaban J connectivity index is 1.69. The van der Waals surface area contributed by atoms with E-state index in [1.54, 1.807) is 25.8 Å². The minimum absolute atomic E-state index is 0.449. The Labute approximate surface area is 183 Å². The molecule has 0 spiro atoms. The van der Waals surface area contributed by atoms with Gasteiger partial charge in [-0.3, -0.25) is 0 Å². The number of imidazole rings is 1. The predicted octanol–water partition coefficient (Wildman–Crippen LogP) is 4.45. The molecule has 0 radical (unpaired) electrons. The van der Waals surface area contributed by atoms with E-state index in [0.29, 0.717) is 40.0 Å². The number of H-pyrrole nitrogens is 2. The highest BCUT2D eigenvalue weighted by atomic mass is 16.5. The second-order valence-corrected chi connectivity index (χ2v) is 7.10.